The van der Waals surface area contributed by atoms with Crippen LogP contribution >= 0.6 is 0 Å². The fourth-order valence-electron chi connectivity index (χ4n) is 0.136. The van der Waals surface area contributed by atoms with E-state index in [4.69, 9.17) is 0 Å². The van der Waals surface area contributed by atoms with Crippen molar-refractivity contribution >= 4 is 0 Å². The average molecular weight is 165 g/mol. The molecule has 0 bridgehead atoms. The summed E-state index contributed by atoms with van der Waals surface area (Å²) in [6, 6.07) is 0. The number of hydrogen-bond acceptors (Lipinski definition) is 0. The molecule has 0 saturated heterocycles. The summed E-state index contributed by atoms with van der Waals surface area (Å²) in [4.78, 5) is 0. The van der Waals surface area contributed by atoms with Crippen molar-refractivity contribution in [2.75, 3.05) is 0 Å². The van der Waals surface area contributed by atoms with Gasteiger partial charge in [-0.25, -0.2) is 0 Å². The Kier molecular flexibility index (Phi) is 3.26. The van der Waals surface area contributed by atoms with Crippen molar-refractivity contribution in [2.24, 2.45) is 0 Å². The van der Waals surface area contributed by atoms with Crippen LogP contribution in [0.2, 0.25) is 0 Å². The molecule has 0 aliphatic heterocycles. The van der Waals surface area contributed by atoms with Gasteiger partial charge in [0.05, 0.1) is 0 Å². The Hall–Kier alpha value is 0.662. The van der Waals surface area contributed by atoms with Crippen LogP contribution in [0.1, 0.15) is 6.42 Å². The van der Waals surface area contributed by atoms with Crippen molar-refractivity contribution in [3.8, 4) is 0 Å². The fourth-order valence-corrected chi connectivity index (χ4v) is 0.136. The van der Waals surface area contributed by atoms with E-state index in [1.54, 1.807) is 0 Å². The monoisotopic (exact) mass is 167 g/mol. The molecule has 1 aliphatic carbocycles. The molecule has 0 spiro atoms. The second-order valence-electron chi connectivity index (χ2n) is 0.900. The van der Waals surface area contributed by atoms with Crippen molar-refractivity contribution in [1.29, 1.82) is 0 Å². The molecule has 23 valence electrons. The van der Waals surface area contributed by atoms with E-state index in [1.807, 2.05) is 0 Å². The number of allylic oxidation sites excluding steroid dienone is 2. The summed E-state index contributed by atoms with van der Waals surface area (Å²) in [6.45, 7) is 0. The third-order valence-corrected chi connectivity index (χ3v) is 0.544. The van der Waals surface area contributed by atoms with E-state index in [0.717, 1.165) is 0 Å². The molecule has 1 aliphatic rings. The molecule has 1 radical (unpaired) electrons. The van der Waals surface area contributed by atoms with E-state index in [0.29, 0.717) is 0 Å². The Labute approximate surface area is 52.4 Å². The molecule has 0 fully saturated rings. The molecule has 1 heteroatoms. The molecular formula is C4H5Cd. The summed E-state index contributed by atoms with van der Waals surface area (Å²) in [7, 11) is 0. The Morgan fingerprint density at radius 2 is 1.60 bits per heavy atom. The molecule has 0 atom stereocenters. The molecule has 0 heterocycles. The fraction of sp³-hybridized carbons (Fsp3) is 0.250. The van der Waals surface area contributed by atoms with E-state index >= 15 is 0 Å². The van der Waals surface area contributed by atoms with Gasteiger partial charge in [0.25, 0.3) is 0 Å². The molecule has 1 rings (SSSR count). The quantitative estimate of drug-likeness (QED) is 0.473. The maximum Gasteiger partial charge on any atom is 0 e. The van der Waals surface area contributed by atoms with Gasteiger partial charge in [-0.1, -0.05) is 12.2 Å². The largest absolute Gasteiger partial charge is 0.0876 e. The zero-order valence-corrected chi connectivity index (χ0v) is 7.18. The third-order valence-electron chi connectivity index (χ3n) is 0.544. The minimum absolute atomic E-state index is 0. The first-order valence-electron chi connectivity index (χ1n) is 1.48. The van der Waals surface area contributed by atoms with E-state index in [2.05, 4.69) is 18.6 Å². The van der Waals surface area contributed by atoms with Crippen LogP contribution in [0, 0.1) is 6.42 Å². The van der Waals surface area contributed by atoms with Gasteiger partial charge < -0.3 is 0 Å². The van der Waals surface area contributed by atoms with E-state index < -0.39 is 0 Å². The van der Waals surface area contributed by atoms with Crippen LogP contribution in [0.5, 0.6) is 0 Å². The normalized spacial score (nSPS) is 16.0. The van der Waals surface area contributed by atoms with Gasteiger partial charge in [0.2, 0.25) is 0 Å². The first kappa shape index (κ1) is 5.66. The Bertz CT molecular complexity index is 32.9. The molecule has 0 amide bonds. The maximum atomic E-state index is 2.12. The summed E-state index contributed by atoms with van der Waals surface area (Å²) in [5.41, 5.74) is 0. The predicted octanol–water partition coefficient (Wildman–Crippen LogP) is 1.15. The van der Waals surface area contributed by atoms with E-state index in [1.165, 1.54) is 6.42 Å². The van der Waals surface area contributed by atoms with Crippen LogP contribution < -0.4 is 0 Å². The molecule has 0 N–H and O–H groups in total. The van der Waals surface area contributed by atoms with E-state index in [-0.39, 0.29) is 27.3 Å². The first-order chi connectivity index (χ1) is 2.00. The van der Waals surface area contributed by atoms with Crippen molar-refractivity contribution < 1.29 is 27.3 Å². The van der Waals surface area contributed by atoms with Crippen molar-refractivity contribution in [1.82, 2.24) is 0 Å². The van der Waals surface area contributed by atoms with Gasteiger partial charge in [-0.05, 0) is 12.8 Å². The Morgan fingerprint density at radius 1 is 1.40 bits per heavy atom. The smallest absolute Gasteiger partial charge is 0 e. The second kappa shape index (κ2) is 2.88. The van der Waals surface area contributed by atoms with Crippen LogP contribution in [-0.2, 0) is 27.3 Å². The minimum atomic E-state index is 0. The topological polar surface area (TPSA) is 0 Å². The molecule has 0 nitrogen and oxygen atoms in total. The summed E-state index contributed by atoms with van der Waals surface area (Å²) in [6.07, 6.45) is 7.50. The van der Waals surface area contributed by atoms with Crippen LogP contribution in [-0.4, -0.2) is 0 Å². The van der Waals surface area contributed by atoms with Crippen molar-refractivity contribution in [3.63, 3.8) is 0 Å². The van der Waals surface area contributed by atoms with Gasteiger partial charge in [-0.2, -0.15) is 0 Å². The van der Waals surface area contributed by atoms with Gasteiger partial charge in [0.1, 0.15) is 0 Å². The summed E-state index contributed by atoms with van der Waals surface area (Å²) >= 11 is 0. The van der Waals surface area contributed by atoms with Gasteiger partial charge in [-0.15, -0.1) is 0 Å². The molecular weight excluding hydrogens is 160 g/mol. The number of hydrogen-bond donors (Lipinski definition) is 0. The van der Waals surface area contributed by atoms with Crippen LogP contribution in [0.15, 0.2) is 12.2 Å². The number of rotatable bonds is 0. The first-order valence-corrected chi connectivity index (χ1v) is 1.48. The molecule has 5 heavy (non-hydrogen) atoms. The maximum absolute atomic E-state index is 2.12. The predicted molar refractivity (Wildman–Crippen MR) is 18.1 cm³/mol. The Balaban J connectivity index is 0.000000160. The summed E-state index contributed by atoms with van der Waals surface area (Å²) in [5.74, 6) is 0. The van der Waals surface area contributed by atoms with Gasteiger partial charge in [-0.3, -0.25) is 0 Å². The van der Waals surface area contributed by atoms with E-state index in [9.17, 15) is 0 Å². The standard InChI is InChI=1S/C4H5.Cd/c1-2-4-3-1;/h1-3H,4H2;. The molecule has 0 aromatic heterocycles. The second-order valence-corrected chi connectivity index (χ2v) is 0.900. The molecule has 0 unspecified atom stereocenters. The Morgan fingerprint density at radius 3 is 1.60 bits per heavy atom. The summed E-state index contributed by atoms with van der Waals surface area (Å²) in [5, 5.41) is 0. The molecule has 0 saturated carbocycles. The van der Waals surface area contributed by atoms with Gasteiger partial charge in [0.15, 0.2) is 0 Å². The van der Waals surface area contributed by atoms with Crippen molar-refractivity contribution in [3.05, 3.63) is 18.6 Å². The van der Waals surface area contributed by atoms with Crippen LogP contribution in [0.25, 0.3) is 0 Å². The average Bonchev–Trinajstić information content (AvgIpc) is 0.722. The van der Waals surface area contributed by atoms with Gasteiger partial charge >= 0.3 is 0 Å². The zero-order chi connectivity index (χ0) is 2.83. The van der Waals surface area contributed by atoms with Gasteiger partial charge in [0, 0.05) is 27.3 Å². The van der Waals surface area contributed by atoms with Crippen molar-refractivity contribution in [2.45, 2.75) is 6.42 Å². The zero-order valence-electron chi connectivity index (χ0n) is 3.15. The SMILES string of the molecule is [CH]1C=CC1.[Cd]. The molecule has 0 aromatic rings. The minimum Gasteiger partial charge on any atom is -0.0876 e. The molecule has 0 aromatic carbocycles. The summed E-state index contributed by atoms with van der Waals surface area (Å²) < 4.78 is 0. The van der Waals surface area contributed by atoms with Crippen LogP contribution in [0.4, 0.5) is 0 Å². The van der Waals surface area contributed by atoms with Crippen LogP contribution in [0.3, 0.4) is 0 Å². The third kappa shape index (κ3) is 1.52.